The van der Waals surface area contributed by atoms with Gasteiger partial charge in [-0.2, -0.15) is 0 Å². The number of unbranched alkanes of at least 4 members (excludes halogenated alkanes) is 15. The van der Waals surface area contributed by atoms with Gasteiger partial charge in [0.2, 0.25) is 0 Å². The van der Waals surface area contributed by atoms with Gasteiger partial charge in [-0.25, -0.2) is 0 Å². The Morgan fingerprint density at radius 3 is 1.27 bits per heavy atom. The van der Waals surface area contributed by atoms with E-state index in [0.717, 1.165) is 25.7 Å². The van der Waals surface area contributed by atoms with Crippen molar-refractivity contribution >= 4 is 0 Å². The zero-order valence-electron chi connectivity index (χ0n) is 18.0. The highest BCUT2D eigenvalue weighted by Gasteiger charge is 2.22. The van der Waals surface area contributed by atoms with Gasteiger partial charge in [0.1, 0.15) is 0 Å². The van der Waals surface area contributed by atoms with Crippen LogP contribution in [-0.4, -0.2) is 23.8 Å². The maximum atomic E-state index is 9.47. The molecule has 3 nitrogen and oxygen atoms in total. The van der Waals surface area contributed by atoms with E-state index in [4.69, 9.17) is 11.5 Å². The predicted octanol–water partition coefficient (Wildman–Crippen LogP) is 6.07. The van der Waals surface area contributed by atoms with E-state index < -0.39 is 5.54 Å². The van der Waals surface area contributed by atoms with Gasteiger partial charge in [0, 0.05) is 5.54 Å². The van der Waals surface area contributed by atoms with Crippen molar-refractivity contribution in [3.05, 3.63) is 0 Å². The summed E-state index contributed by atoms with van der Waals surface area (Å²) in [4.78, 5) is 0. The summed E-state index contributed by atoms with van der Waals surface area (Å²) in [5.41, 5.74) is 11.4. The van der Waals surface area contributed by atoms with Crippen LogP contribution in [-0.2, 0) is 0 Å². The van der Waals surface area contributed by atoms with Gasteiger partial charge in [-0.3, -0.25) is 0 Å². The Balaban J connectivity index is 3.24. The highest BCUT2D eigenvalue weighted by molar-refractivity contribution is 4.83. The first-order chi connectivity index (χ1) is 12.7. The fraction of sp³-hybridized carbons (Fsp3) is 1.00. The molecule has 0 radical (unpaired) electrons. The molecule has 0 fully saturated rings. The highest BCUT2D eigenvalue weighted by atomic mass is 16.3. The van der Waals surface area contributed by atoms with Crippen LogP contribution < -0.4 is 11.5 Å². The van der Waals surface area contributed by atoms with Crippen LogP contribution >= 0.6 is 0 Å². The SMILES string of the molecule is CCCCCCCCCCCCCCCCCCC(N)(CO)CCCN. The van der Waals surface area contributed by atoms with Crippen molar-refractivity contribution < 1.29 is 5.11 Å². The first-order valence-corrected chi connectivity index (χ1v) is 11.8. The lowest BCUT2D eigenvalue weighted by Gasteiger charge is -2.27. The van der Waals surface area contributed by atoms with Crippen molar-refractivity contribution in [1.29, 1.82) is 0 Å². The molecule has 0 amide bonds. The lowest BCUT2D eigenvalue weighted by Crippen LogP contribution is -2.44. The van der Waals surface area contributed by atoms with Crippen molar-refractivity contribution in [2.75, 3.05) is 13.2 Å². The Bertz CT molecular complexity index is 273. The normalized spacial score (nSPS) is 13.8. The molecule has 26 heavy (non-hydrogen) atoms. The average molecular weight is 371 g/mol. The second-order valence-corrected chi connectivity index (χ2v) is 8.47. The number of aliphatic hydroxyl groups is 1. The largest absolute Gasteiger partial charge is 0.394 e. The molecular weight excluding hydrogens is 320 g/mol. The molecule has 0 spiro atoms. The van der Waals surface area contributed by atoms with Crippen LogP contribution in [0.3, 0.4) is 0 Å². The molecule has 0 saturated heterocycles. The predicted molar refractivity (Wildman–Crippen MR) is 116 cm³/mol. The number of rotatable bonds is 21. The summed E-state index contributed by atoms with van der Waals surface area (Å²) in [5.74, 6) is 0. The van der Waals surface area contributed by atoms with E-state index in [1.165, 1.54) is 96.3 Å². The number of hydrogen-bond donors (Lipinski definition) is 3. The van der Waals surface area contributed by atoms with E-state index in [0.29, 0.717) is 6.54 Å². The molecule has 3 heteroatoms. The minimum absolute atomic E-state index is 0.0890. The fourth-order valence-corrected chi connectivity index (χ4v) is 3.76. The van der Waals surface area contributed by atoms with E-state index in [9.17, 15) is 5.11 Å². The fourth-order valence-electron chi connectivity index (χ4n) is 3.76. The molecule has 1 atom stereocenters. The van der Waals surface area contributed by atoms with Gasteiger partial charge in [-0.1, -0.05) is 110 Å². The molecule has 0 aromatic carbocycles. The van der Waals surface area contributed by atoms with Crippen molar-refractivity contribution in [2.24, 2.45) is 11.5 Å². The third kappa shape index (κ3) is 17.3. The number of aliphatic hydroxyl groups excluding tert-OH is 1. The van der Waals surface area contributed by atoms with Crippen LogP contribution in [0.2, 0.25) is 0 Å². The summed E-state index contributed by atoms with van der Waals surface area (Å²) < 4.78 is 0. The maximum Gasteiger partial charge on any atom is 0.0611 e. The minimum Gasteiger partial charge on any atom is -0.394 e. The van der Waals surface area contributed by atoms with Gasteiger partial charge in [-0.15, -0.1) is 0 Å². The van der Waals surface area contributed by atoms with E-state index in [-0.39, 0.29) is 6.61 Å². The zero-order valence-corrected chi connectivity index (χ0v) is 18.0. The monoisotopic (exact) mass is 370 g/mol. The zero-order chi connectivity index (χ0) is 19.3. The van der Waals surface area contributed by atoms with Crippen LogP contribution in [0.15, 0.2) is 0 Å². The molecule has 0 aliphatic heterocycles. The maximum absolute atomic E-state index is 9.47. The van der Waals surface area contributed by atoms with Crippen LogP contribution in [0.5, 0.6) is 0 Å². The van der Waals surface area contributed by atoms with Crippen molar-refractivity contribution in [2.45, 2.75) is 134 Å². The summed E-state index contributed by atoms with van der Waals surface area (Å²) in [6.45, 7) is 3.04. The lowest BCUT2D eigenvalue weighted by atomic mass is 9.89. The third-order valence-corrected chi connectivity index (χ3v) is 5.72. The lowest BCUT2D eigenvalue weighted by molar-refractivity contribution is 0.173. The van der Waals surface area contributed by atoms with E-state index in [1.54, 1.807) is 0 Å². The summed E-state index contributed by atoms with van der Waals surface area (Å²) in [5, 5.41) is 9.47. The molecule has 0 saturated carbocycles. The summed E-state index contributed by atoms with van der Waals surface area (Å²) >= 11 is 0. The summed E-state index contributed by atoms with van der Waals surface area (Å²) in [6.07, 6.45) is 24.9. The highest BCUT2D eigenvalue weighted by Crippen LogP contribution is 2.19. The van der Waals surface area contributed by atoms with Gasteiger partial charge < -0.3 is 16.6 Å². The van der Waals surface area contributed by atoms with Gasteiger partial charge in [0.25, 0.3) is 0 Å². The average Bonchev–Trinajstić information content (AvgIpc) is 2.66. The molecule has 0 aromatic heterocycles. The molecular formula is C23H50N2O. The Labute approximate surface area is 164 Å². The smallest absolute Gasteiger partial charge is 0.0611 e. The van der Waals surface area contributed by atoms with Crippen LogP contribution in [0.25, 0.3) is 0 Å². The first-order valence-electron chi connectivity index (χ1n) is 11.8. The van der Waals surface area contributed by atoms with E-state index in [2.05, 4.69) is 6.92 Å². The Hall–Kier alpha value is -0.120. The van der Waals surface area contributed by atoms with E-state index in [1.807, 2.05) is 0 Å². The Morgan fingerprint density at radius 2 is 0.923 bits per heavy atom. The molecule has 0 bridgehead atoms. The van der Waals surface area contributed by atoms with Crippen molar-refractivity contribution in [3.63, 3.8) is 0 Å². The molecule has 0 aromatic rings. The molecule has 158 valence electrons. The molecule has 1 unspecified atom stereocenters. The minimum atomic E-state index is -0.393. The first kappa shape index (κ1) is 25.9. The number of hydrogen-bond acceptors (Lipinski definition) is 3. The molecule has 0 aliphatic rings. The third-order valence-electron chi connectivity index (χ3n) is 5.72. The van der Waals surface area contributed by atoms with Crippen LogP contribution in [0, 0.1) is 0 Å². The van der Waals surface area contributed by atoms with E-state index >= 15 is 0 Å². The van der Waals surface area contributed by atoms with Crippen molar-refractivity contribution in [3.8, 4) is 0 Å². The quantitative estimate of drug-likeness (QED) is 0.215. The van der Waals surface area contributed by atoms with Gasteiger partial charge in [0.15, 0.2) is 0 Å². The molecule has 0 heterocycles. The van der Waals surface area contributed by atoms with Gasteiger partial charge in [0.05, 0.1) is 6.61 Å². The molecule has 0 rings (SSSR count). The van der Waals surface area contributed by atoms with Crippen molar-refractivity contribution in [1.82, 2.24) is 0 Å². The Kier molecular flexibility index (Phi) is 19.5. The second kappa shape index (κ2) is 19.6. The summed E-state index contributed by atoms with van der Waals surface area (Å²) in [6, 6.07) is 0. The molecule has 5 N–H and O–H groups in total. The number of nitrogens with two attached hydrogens (primary N) is 2. The second-order valence-electron chi connectivity index (χ2n) is 8.47. The Morgan fingerprint density at radius 1 is 0.577 bits per heavy atom. The van der Waals surface area contributed by atoms with Gasteiger partial charge in [-0.05, 0) is 25.8 Å². The summed E-state index contributed by atoms with van der Waals surface area (Å²) in [7, 11) is 0. The van der Waals surface area contributed by atoms with Crippen LogP contribution in [0.4, 0.5) is 0 Å². The standard InChI is InChI=1S/C23H50N2O/c1-2-3-4-5-6-7-8-9-10-11-12-13-14-15-16-17-19-23(25,22-26)20-18-21-24/h26H,2-22,24-25H2,1H3. The molecule has 0 aliphatic carbocycles. The topological polar surface area (TPSA) is 72.3 Å². The van der Waals surface area contributed by atoms with Crippen LogP contribution in [0.1, 0.15) is 129 Å². The van der Waals surface area contributed by atoms with Gasteiger partial charge >= 0.3 is 0 Å².